The minimum atomic E-state index is -3.47. The average molecular weight is 283 g/mol. The molecule has 1 atom stereocenters. The molecule has 2 amide bonds. The Kier molecular flexibility index (Phi) is 4.06. The van der Waals surface area contributed by atoms with E-state index in [0.29, 0.717) is 18.7 Å². The standard InChI is InChI=1S/C12H17N3O3S/c13-12(16)15-7-6-14-8-11(15)19(17,18)9-10-4-2-1-3-5-10/h1-5,11,14H,6-9H2,(H2,13,16). The van der Waals surface area contributed by atoms with Gasteiger partial charge >= 0.3 is 6.03 Å². The highest BCUT2D eigenvalue weighted by atomic mass is 32.2. The van der Waals surface area contributed by atoms with Gasteiger partial charge in [-0.05, 0) is 5.56 Å². The summed E-state index contributed by atoms with van der Waals surface area (Å²) < 4.78 is 24.8. The molecule has 1 fully saturated rings. The Morgan fingerprint density at radius 3 is 2.68 bits per heavy atom. The largest absolute Gasteiger partial charge is 0.351 e. The van der Waals surface area contributed by atoms with Crippen molar-refractivity contribution in [3.63, 3.8) is 0 Å². The lowest BCUT2D eigenvalue weighted by Crippen LogP contribution is -2.58. The van der Waals surface area contributed by atoms with Crippen LogP contribution in [0.1, 0.15) is 5.56 Å². The van der Waals surface area contributed by atoms with E-state index in [1.165, 1.54) is 4.90 Å². The maximum Gasteiger partial charge on any atom is 0.315 e. The summed E-state index contributed by atoms with van der Waals surface area (Å²) in [4.78, 5) is 12.5. The molecule has 0 aromatic heterocycles. The highest BCUT2D eigenvalue weighted by molar-refractivity contribution is 7.91. The predicted molar refractivity (Wildman–Crippen MR) is 72.0 cm³/mol. The molecule has 0 spiro atoms. The summed E-state index contributed by atoms with van der Waals surface area (Å²) in [6.07, 6.45) is 0. The van der Waals surface area contributed by atoms with Crippen molar-refractivity contribution in [1.29, 1.82) is 0 Å². The number of nitrogens with two attached hydrogens (primary N) is 1. The number of sulfone groups is 1. The summed E-state index contributed by atoms with van der Waals surface area (Å²) in [6, 6.07) is 8.22. The number of hydrogen-bond acceptors (Lipinski definition) is 4. The molecule has 0 radical (unpaired) electrons. The molecular weight excluding hydrogens is 266 g/mol. The number of carbonyl (C=O) groups is 1. The second-order valence-electron chi connectivity index (χ2n) is 4.48. The van der Waals surface area contributed by atoms with Gasteiger partial charge in [0.1, 0.15) is 5.37 Å². The van der Waals surface area contributed by atoms with Gasteiger partial charge in [0.15, 0.2) is 9.84 Å². The molecule has 1 heterocycles. The van der Waals surface area contributed by atoms with E-state index in [2.05, 4.69) is 5.32 Å². The molecule has 1 saturated heterocycles. The molecule has 7 heteroatoms. The molecule has 3 N–H and O–H groups in total. The number of nitrogens with one attached hydrogen (secondary N) is 1. The Morgan fingerprint density at radius 2 is 2.05 bits per heavy atom. The van der Waals surface area contributed by atoms with Crippen LogP contribution in [-0.4, -0.2) is 44.4 Å². The van der Waals surface area contributed by atoms with Gasteiger partial charge in [-0.15, -0.1) is 0 Å². The molecule has 1 aliphatic heterocycles. The second kappa shape index (κ2) is 5.58. The van der Waals surface area contributed by atoms with Crippen molar-refractivity contribution in [1.82, 2.24) is 10.2 Å². The normalized spacial score (nSPS) is 20.2. The highest BCUT2D eigenvalue weighted by Crippen LogP contribution is 2.16. The zero-order valence-electron chi connectivity index (χ0n) is 10.5. The lowest BCUT2D eigenvalue weighted by molar-refractivity contribution is 0.189. The fraction of sp³-hybridized carbons (Fsp3) is 0.417. The summed E-state index contributed by atoms with van der Waals surface area (Å²) >= 11 is 0. The van der Waals surface area contributed by atoms with Gasteiger partial charge in [0.05, 0.1) is 5.75 Å². The third-order valence-electron chi connectivity index (χ3n) is 3.10. The molecule has 104 valence electrons. The van der Waals surface area contributed by atoms with Crippen molar-refractivity contribution in [2.75, 3.05) is 19.6 Å². The van der Waals surface area contributed by atoms with E-state index in [1.807, 2.05) is 6.07 Å². The number of amides is 2. The molecule has 2 rings (SSSR count). The smallest absolute Gasteiger partial charge is 0.315 e. The maximum atomic E-state index is 12.4. The zero-order valence-corrected chi connectivity index (χ0v) is 11.3. The molecule has 1 aromatic carbocycles. The minimum absolute atomic E-state index is 0.0933. The number of piperazine rings is 1. The van der Waals surface area contributed by atoms with Crippen molar-refractivity contribution in [3.05, 3.63) is 35.9 Å². The molecular formula is C12H17N3O3S. The lowest BCUT2D eigenvalue weighted by atomic mass is 10.2. The Morgan fingerprint density at radius 1 is 1.37 bits per heavy atom. The fourth-order valence-corrected chi connectivity index (χ4v) is 3.97. The molecule has 1 aromatic rings. The van der Waals surface area contributed by atoms with E-state index in [9.17, 15) is 13.2 Å². The summed E-state index contributed by atoms with van der Waals surface area (Å²) in [7, 11) is -3.47. The second-order valence-corrected chi connectivity index (χ2v) is 6.64. The van der Waals surface area contributed by atoms with E-state index in [0.717, 1.165) is 0 Å². The van der Waals surface area contributed by atoms with Crippen LogP contribution in [0, 0.1) is 0 Å². The van der Waals surface area contributed by atoms with Gasteiger partial charge in [-0.1, -0.05) is 30.3 Å². The van der Waals surface area contributed by atoms with Gasteiger partial charge in [0.25, 0.3) is 0 Å². The number of carbonyl (C=O) groups excluding carboxylic acids is 1. The Bertz CT molecular complexity index is 545. The lowest BCUT2D eigenvalue weighted by Gasteiger charge is -2.34. The van der Waals surface area contributed by atoms with Crippen LogP contribution in [0.4, 0.5) is 4.79 Å². The fourth-order valence-electron chi connectivity index (χ4n) is 2.15. The third kappa shape index (κ3) is 3.24. The summed E-state index contributed by atoms with van der Waals surface area (Å²) in [5.41, 5.74) is 5.95. The monoisotopic (exact) mass is 283 g/mol. The van der Waals surface area contributed by atoms with Gasteiger partial charge in [-0.3, -0.25) is 0 Å². The van der Waals surface area contributed by atoms with Crippen LogP contribution >= 0.6 is 0 Å². The summed E-state index contributed by atoms with van der Waals surface area (Å²) in [6.45, 7) is 1.09. The predicted octanol–water partition coefficient (Wildman–Crippen LogP) is -0.0886. The first kappa shape index (κ1) is 13.8. The van der Waals surface area contributed by atoms with E-state index < -0.39 is 21.2 Å². The van der Waals surface area contributed by atoms with Crippen molar-refractivity contribution < 1.29 is 13.2 Å². The Balaban J connectivity index is 2.20. The third-order valence-corrected chi connectivity index (χ3v) is 5.09. The van der Waals surface area contributed by atoms with E-state index >= 15 is 0 Å². The van der Waals surface area contributed by atoms with Crippen LogP contribution in [0.3, 0.4) is 0 Å². The van der Waals surface area contributed by atoms with Crippen LogP contribution in [0.15, 0.2) is 30.3 Å². The molecule has 1 aliphatic rings. The zero-order chi connectivity index (χ0) is 13.9. The van der Waals surface area contributed by atoms with Crippen LogP contribution in [0.25, 0.3) is 0 Å². The molecule has 0 aliphatic carbocycles. The van der Waals surface area contributed by atoms with Gasteiger partial charge in [0, 0.05) is 19.6 Å². The number of primary amides is 1. The topological polar surface area (TPSA) is 92.5 Å². The first-order chi connectivity index (χ1) is 9.00. The Hall–Kier alpha value is -1.60. The molecule has 1 unspecified atom stereocenters. The molecule has 19 heavy (non-hydrogen) atoms. The van der Waals surface area contributed by atoms with Crippen LogP contribution in [-0.2, 0) is 15.6 Å². The number of nitrogens with zero attached hydrogens (tertiary/aromatic N) is 1. The van der Waals surface area contributed by atoms with E-state index in [-0.39, 0.29) is 12.3 Å². The maximum absolute atomic E-state index is 12.4. The number of urea groups is 1. The minimum Gasteiger partial charge on any atom is -0.351 e. The van der Waals surface area contributed by atoms with Crippen molar-refractivity contribution in [2.24, 2.45) is 5.73 Å². The first-order valence-corrected chi connectivity index (χ1v) is 7.74. The highest BCUT2D eigenvalue weighted by Gasteiger charge is 2.35. The van der Waals surface area contributed by atoms with Crippen LogP contribution in [0.2, 0.25) is 0 Å². The van der Waals surface area contributed by atoms with Gasteiger partial charge in [0.2, 0.25) is 0 Å². The molecule has 0 bridgehead atoms. The van der Waals surface area contributed by atoms with Crippen LogP contribution < -0.4 is 11.1 Å². The van der Waals surface area contributed by atoms with Crippen LogP contribution in [0.5, 0.6) is 0 Å². The molecule has 0 saturated carbocycles. The quantitative estimate of drug-likeness (QED) is 0.811. The number of hydrogen-bond donors (Lipinski definition) is 2. The van der Waals surface area contributed by atoms with Crippen molar-refractivity contribution in [3.8, 4) is 0 Å². The summed E-state index contributed by atoms with van der Waals surface area (Å²) in [5, 5.41) is 2.09. The van der Waals surface area contributed by atoms with E-state index in [1.54, 1.807) is 24.3 Å². The average Bonchev–Trinajstić information content (AvgIpc) is 2.39. The van der Waals surface area contributed by atoms with Crippen molar-refractivity contribution >= 4 is 15.9 Å². The van der Waals surface area contributed by atoms with E-state index in [4.69, 9.17) is 5.73 Å². The number of benzene rings is 1. The summed E-state index contributed by atoms with van der Waals surface area (Å²) in [5.74, 6) is -0.0933. The van der Waals surface area contributed by atoms with Gasteiger partial charge in [-0.2, -0.15) is 0 Å². The van der Waals surface area contributed by atoms with Crippen molar-refractivity contribution in [2.45, 2.75) is 11.1 Å². The van der Waals surface area contributed by atoms with Gasteiger partial charge in [-0.25, -0.2) is 13.2 Å². The SMILES string of the molecule is NC(=O)N1CCNCC1S(=O)(=O)Cc1ccccc1. The Labute approximate surface area is 112 Å². The van der Waals surface area contributed by atoms with Gasteiger partial charge < -0.3 is 16.0 Å². The first-order valence-electron chi connectivity index (χ1n) is 6.03. The molecule has 6 nitrogen and oxygen atoms in total. The number of rotatable bonds is 3.